The number of amides is 1. The van der Waals surface area contributed by atoms with E-state index in [1.165, 1.54) is 0 Å². The van der Waals surface area contributed by atoms with E-state index in [0.717, 1.165) is 48.1 Å². The topological polar surface area (TPSA) is 70.7 Å². The Morgan fingerprint density at radius 3 is 2.57 bits per heavy atom. The van der Waals surface area contributed by atoms with Crippen molar-refractivity contribution < 1.29 is 4.79 Å². The number of aromatic nitrogens is 2. The van der Waals surface area contributed by atoms with Crippen LogP contribution >= 0.6 is 0 Å². The van der Waals surface area contributed by atoms with Crippen LogP contribution in [-0.2, 0) is 13.0 Å². The van der Waals surface area contributed by atoms with E-state index >= 15 is 0 Å². The van der Waals surface area contributed by atoms with Crippen LogP contribution in [0.5, 0.6) is 0 Å². The molecule has 0 aliphatic heterocycles. The number of rotatable bonds is 9. The molecule has 5 nitrogen and oxygen atoms in total. The standard InChI is InChI=1S/C25H28N4O/c1-3-5-9-22-16-24(25(30)27-15-4-2)28-29(22)18-19-11-13-20(14-12-19)23-10-7-6-8-21(23)17-26/h6-8,10-14,16H,3-5,9,15,18H2,1-2H3,(H,27,30). The van der Waals surface area contributed by atoms with Crippen LogP contribution in [0.2, 0.25) is 0 Å². The average molecular weight is 401 g/mol. The Morgan fingerprint density at radius 1 is 1.10 bits per heavy atom. The lowest BCUT2D eigenvalue weighted by Gasteiger charge is -2.09. The first-order chi connectivity index (χ1) is 14.7. The van der Waals surface area contributed by atoms with Crippen LogP contribution in [0, 0.1) is 11.3 Å². The number of carbonyl (C=O) groups is 1. The maximum Gasteiger partial charge on any atom is 0.271 e. The largest absolute Gasteiger partial charge is 0.351 e. The van der Waals surface area contributed by atoms with E-state index < -0.39 is 0 Å². The van der Waals surface area contributed by atoms with Crippen LogP contribution in [0.15, 0.2) is 54.6 Å². The third kappa shape index (κ3) is 5.15. The summed E-state index contributed by atoms with van der Waals surface area (Å²) in [4.78, 5) is 12.3. The molecule has 1 N–H and O–H groups in total. The van der Waals surface area contributed by atoms with Crippen LogP contribution in [0.25, 0.3) is 11.1 Å². The van der Waals surface area contributed by atoms with E-state index in [9.17, 15) is 10.1 Å². The number of nitrogens with zero attached hydrogens (tertiary/aromatic N) is 3. The summed E-state index contributed by atoms with van der Waals surface area (Å²) < 4.78 is 1.94. The van der Waals surface area contributed by atoms with Gasteiger partial charge in [-0.25, -0.2) is 0 Å². The van der Waals surface area contributed by atoms with Crippen LogP contribution in [0.3, 0.4) is 0 Å². The van der Waals surface area contributed by atoms with Crippen LogP contribution in [-0.4, -0.2) is 22.2 Å². The normalized spacial score (nSPS) is 10.6. The minimum absolute atomic E-state index is 0.114. The number of hydrogen-bond donors (Lipinski definition) is 1. The van der Waals surface area contributed by atoms with Crippen molar-refractivity contribution in [1.82, 2.24) is 15.1 Å². The van der Waals surface area contributed by atoms with Gasteiger partial charge < -0.3 is 5.32 Å². The zero-order chi connectivity index (χ0) is 21.3. The van der Waals surface area contributed by atoms with E-state index in [-0.39, 0.29) is 5.91 Å². The summed E-state index contributed by atoms with van der Waals surface area (Å²) in [5, 5.41) is 16.8. The molecule has 0 unspecified atom stereocenters. The smallest absolute Gasteiger partial charge is 0.271 e. The fourth-order valence-corrected chi connectivity index (χ4v) is 3.39. The van der Waals surface area contributed by atoms with Crippen molar-refractivity contribution in [1.29, 1.82) is 5.26 Å². The zero-order valence-corrected chi connectivity index (χ0v) is 17.7. The fourth-order valence-electron chi connectivity index (χ4n) is 3.39. The number of nitrogens with one attached hydrogen (secondary N) is 1. The summed E-state index contributed by atoms with van der Waals surface area (Å²) in [5.74, 6) is -0.114. The number of nitriles is 1. The second kappa shape index (κ2) is 10.4. The van der Waals surface area contributed by atoms with Crippen LogP contribution in [0.1, 0.15) is 60.4 Å². The summed E-state index contributed by atoms with van der Waals surface area (Å²) in [6.07, 6.45) is 3.95. The molecule has 0 saturated carbocycles. The monoisotopic (exact) mass is 400 g/mol. The van der Waals surface area contributed by atoms with Crippen molar-refractivity contribution >= 4 is 5.91 Å². The van der Waals surface area contributed by atoms with Gasteiger partial charge in [0.2, 0.25) is 0 Å². The highest BCUT2D eigenvalue weighted by atomic mass is 16.1. The highest BCUT2D eigenvalue weighted by Crippen LogP contribution is 2.24. The highest BCUT2D eigenvalue weighted by molar-refractivity contribution is 5.92. The van der Waals surface area contributed by atoms with Crippen LogP contribution < -0.4 is 5.32 Å². The molecule has 0 spiro atoms. The van der Waals surface area contributed by atoms with Crippen molar-refractivity contribution in [3.63, 3.8) is 0 Å². The third-order valence-corrected chi connectivity index (χ3v) is 5.06. The molecule has 1 aromatic heterocycles. The minimum atomic E-state index is -0.114. The van der Waals surface area contributed by atoms with Crippen molar-refractivity contribution in [2.24, 2.45) is 0 Å². The quantitative estimate of drug-likeness (QED) is 0.552. The van der Waals surface area contributed by atoms with Crippen LogP contribution in [0.4, 0.5) is 0 Å². The van der Waals surface area contributed by atoms with E-state index in [0.29, 0.717) is 24.3 Å². The van der Waals surface area contributed by atoms with Crippen molar-refractivity contribution in [3.8, 4) is 17.2 Å². The Labute approximate surface area is 178 Å². The zero-order valence-electron chi connectivity index (χ0n) is 17.7. The van der Waals surface area contributed by atoms with Gasteiger partial charge in [-0.2, -0.15) is 10.4 Å². The lowest BCUT2D eigenvalue weighted by molar-refractivity contribution is 0.0948. The van der Waals surface area contributed by atoms with Crippen molar-refractivity contribution in [2.45, 2.75) is 46.1 Å². The first-order valence-corrected chi connectivity index (χ1v) is 10.6. The number of hydrogen-bond acceptors (Lipinski definition) is 3. The Balaban J connectivity index is 1.81. The summed E-state index contributed by atoms with van der Waals surface area (Å²) in [7, 11) is 0. The number of carbonyl (C=O) groups excluding carboxylic acids is 1. The van der Waals surface area contributed by atoms with Gasteiger partial charge in [0.1, 0.15) is 5.69 Å². The molecule has 0 fully saturated rings. The molecule has 0 aliphatic carbocycles. The molecule has 3 rings (SSSR count). The SMILES string of the molecule is CCCCc1cc(C(=O)NCCC)nn1Cc1ccc(-c2ccccc2C#N)cc1. The average Bonchev–Trinajstić information content (AvgIpc) is 3.19. The molecule has 3 aromatic rings. The molecule has 0 atom stereocenters. The predicted molar refractivity (Wildman–Crippen MR) is 119 cm³/mol. The Kier molecular flexibility index (Phi) is 7.40. The summed E-state index contributed by atoms with van der Waals surface area (Å²) in [5.41, 5.74) is 5.29. The van der Waals surface area contributed by atoms with Gasteiger partial charge in [-0.1, -0.05) is 62.7 Å². The second-order valence-corrected chi connectivity index (χ2v) is 7.39. The molecular formula is C25H28N4O. The fraction of sp³-hybridized carbons (Fsp3) is 0.320. The van der Waals surface area contributed by atoms with E-state index in [2.05, 4.69) is 35.5 Å². The summed E-state index contributed by atoms with van der Waals surface area (Å²) in [6.45, 7) is 5.46. The molecule has 0 aliphatic rings. The lowest BCUT2D eigenvalue weighted by atomic mass is 9.99. The molecule has 1 heterocycles. The number of benzene rings is 2. The van der Waals surface area contributed by atoms with Gasteiger partial charge >= 0.3 is 0 Å². The van der Waals surface area contributed by atoms with Gasteiger partial charge in [0.15, 0.2) is 0 Å². The molecular weight excluding hydrogens is 372 g/mol. The maximum atomic E-state index is 12.3. The van der Waals surface area contributed by atoms with Gasteiger partial charge in [0, 0.05) is 12.2 Å². The maximum absolute atomic E-state index is 12.3. The Hall–Kier alpha value is -3.39. The second-order valence-electron chi connectivity index (χ2n) is 7.39. The number of aryl methyl sites for hydroxylation is 1. The number of unbranched alkanes of at least 4 members (excludes halogenated alkanes) is 1. The molecule has 0 saturated heterocycles. The van der Waals surface area contributed by atoms with E-state index in [1.807, 2.05) is 54.1 Å². The highest BCUT2D eigenvalue weighted by Gasteiger charge is 2.14. The summed E-state index contributed by atoms with van der Waals surface area (Å²) in [6, 6.07) is 20.0. The molecule has 2 aromatic carbocycles. The molecule has 5 heteroatoms. The van der Waals surface area contributed by atoms with E-state index in [1.54, 1.807) is 0 Å². The minimum Gasteiger partial charge on any atom is -0.351 e. The Morgan fingerprint density at radius 2 is 1.87 bits per heavy atom. The van der Waals surface area contributed by atoms with E-state index in [4.69, 9.17) is 0 Å². The lowest BCUT2D eigenvalue weighted by Crippen LogP contribution is -2.24. The Bertz CT molecular complexity index is 1030. The molecule has 1 amide bonds. The molecule has 0 radical (unpaired) electrons. The molecule has 30 heavy (non-hydrogen) atoms. The van der Waals surface area contributed by atoms with Gasteiger partial charge in [0.05, 0.1) is 18.2 Å². The predicted octanol–water partition coefficient (Wildman–Crippen LogP) is 4.95. The third-order valence-electron chi connectivity index (χ3n) is 5.06. The van der Waals surface area contributed by atoms with Gasteiger partial charge in [-0.15, -0.1) is 0 Å². The first-order valence-electron chi connectivity index (χ1n) is 10.6. The van der Waals surface area contributed by atoms with Gasteiger partial charge in [-0.3, -0.25) is 9.48 Å². The van der Waals surface area contributed by atoms with Gasteiger partial charge in [0.25, 0.3) is 5.91 Å². The van der Waals surface area contributed by atoms with Gasteiger partial charge in [-0.05, 0) is 48.1 Å². The molecule has 0 bridgehead atoms. The van der Waals surface area contributed by atoms with Crippen molar-refractivity contribution in [2.75, 3.05) is 6.54 Å². The molecule has 154 valence electrons. The first kappa shape index (κ1) is 21.3. The van der Waals surface area contributed by atoms with Crippen molar-refractivity contribution in [3.05, 3.63) is 77.1 Å². The summed E-state index contributed by atoms with van der Waals surface area (Å²) >= 11 is 0.